The summed E-state index contributed by atoms with van der Waals surface area (Å²) >= 11 is 0. The van der Waals surface area contributed by atoms with Gasteiger partial charge in [0, 0.05) is 5.56 Å². The van der Waals surface area contributed by atoms with Crippen molar-refractivity contribution in [1.82, 2.24) is 0 Å². The van der Waals surface area contributed by atoms with E-state index in [-0.39, 0.29) is 22.8 Å². The number of fused-ring (bicyclic) bond motifs is 2. The Morgan fingerprint density at radius 2 is 1.84 bits per heavy atom. The van der Waals surface area contributed by atoms with Crippen LogP contribution in [-0.2, 0) is 6.42 Å². The van der Waals surface area contributed by atoms with Crippen LogP contribution in [0.25, 0.3) is 6.08 Å². The molecule has 4 rings (SSSR count). The molecular weight excluding hydrogens is 408 g/mol. The van der Waals surface area contributed by atoms with Gasteiger partial charge in [0.05, 0.1) is 5.56 Å². The van der Waals surface area contributed by atoms with Gasteiger partial charge < -0.3 is 24.8 Å². The summed E-state index contributed by atoms with van der Waals surface area (Å²) in [6.07, 6.45) is 4.33. The van der Waals surface area contributed by atoms with Crippen molar-refractivity contribution < 1.29 is 29.6 Å². The number of carbonyl (C=O) groups excluding carboxylic acids is 1. The summed E-state index contributed by atoms with van der Waals surface area (Å²) in [6.45, 7) is 7.93. The monoisotopic (exact) mass is 436 g/mol. The molecule has 0 bridgehead atoms. The molecule has 2 aliphatic rings. The molecule has 2 heterocycles. The number of ether oxygens (including phenoxy) is 2. The average Bonchev–Trinajstić information content (AvgIpc) is 2.76. The van der Waals surface area contributed by atoms with Crippen LogP contribution in [0.3, 0.4) is 0 Å². The molecule has 32 heavy (non-hydrogen) atoms. The molecule has 2 aromatic carbocycles. The number of aliphatic hydroxyl groups excluding tert-OH is 1. The van der Waals surface area contributed by atoms with Gasteiger partial charge >= 0.3 is 0 Å². The molecule has 0 saturated heterocycles. The Morgan fingerprint density at radius 1 is 1.16 bits per heavy atom. The van der Waals surface area contributed by atoms with Crippen molar-refractivity contribution in [3.05, 3.63) is 64.2 Å². The maximum atomic E-state index is 13.2. The number of benzene rings is 2. The first-order valence-electron chi connectivity index (χ1n) is 10.8. The van der Waals surface area contributed by atoms with E-state index in [0.717, 1.165) is 12.0 Å². The molecule has 0 radical (unpaired) electrons. The van der Waals surface area contributed by atoms with Crippen molar-refractivity contribution in [1.29, 1.82) is 0 Å². The molecule has 0 fully saturated rings. The fourth-order valence-corrected chi connectivity index (χ4v) is 4.00. The number of hydrogen-bond donors (Lipinski definition) is 3. The average molecular weight is 437 g/mol. The standard InChI is InChI=1S/C26H28O6/c1-5-26(4)13-12-17-20(28)19-21(29)22(30)23(15-7-9-16(27)10-8-15)31-25(19)18(24(17)32-26)11-6-14(2)3/h6-10,12-13,22-23,27-28,30H,5,11H2,1-4H3/t22-,23+,26-/m0/s1. The fourth-order valence-electron chi connectivity index (χ4n) is 4.00. The van der Waals surface area contributed by atoms with Gasteiger partial charge in [-0.25, -0.2) is 0 Å². The van der Waals surface area contributed by atoms with Crippen molar-refractivity contribution in [2.24, 2.45) is 0 Å². The molecule has 0 saturated carbocycles. The van der Waals surface area contributed by atoms with E-state index in [0.29, 0.717) is 28.9 Å². The van der Waals surface area contributed by atoms with E-state index in [1.54, 1.807) is 18.2 Å². The van der Waals surface area contributed by atoms with Crippen LogP contribution in [0.5, 0.6) is 23.0 Å². The van der Waals surface area contributed by atoms with Gasteiger partial charge in [0.15, 0.2) is 12.2 Å². The minimum absolute atomic E-state index is 0.0308. The third-order valence-electron chi connectivity index (χ3n) is 6.13. The zero-order valence-corrected chi connectivity index (χ0v) is 18.7. The lowest BCUT2D eigenvalue weighted by atomic mass is 9.86. The Bertz CT molecular complexity index is 1120. The predicted molar refractivity (Wildman–Crippen MR) is 121 cm³/mol. The van der Waals surface area contributed by atoms with E-state index < -0.39 is 23.6 Å². The van der Waals surface area contributed by atoms with Crippen molar-refractivity contribution in [2.75, 3.05) is 0 Å². The molecule has 2 aromatic rings. The number of rotatable bonds is 4. The minimum atomic E-state index is -1.50. The second kappa shape index (κ2) is 8.02. The SMILES string of the molecule is CC[C@@]1(C)C=Cc2c(O)c3c(c(CC=C(C)C)c2O1)O[C@H](c1ccc(O)cc1)[C@@H](O)C3=O. The molecule has 0 aliphatic carbocycles. The Labute approximate surface area is 187 Å². The van der Waals surface area contributed by atoms with Gasteiger partial charge in [-0.1, -0.05) is 30.7 Å². The van der Waals surface area contributed by atoms with Crippen LogP contribution in [0, 0.1) is 0 Å². The fraction of sp³-hybridized carbons (Fsp3) is 0.346. The normalized spacial score (nSPS) is 23.6. The van der Waals surface area contributed by atoms with Crippen LogP contribution < -0.4 is 9.47 Å². The Kier molecular flexibility index (Phi) is 5.51. The van der Waals surface area contributed by atoms with Crippen molar-refractivity contribution in [2.45, 2.75) is 58.3 Å². The first-order chi connectivity index (χ1) is 15.1. The van der Waals surface area contributed by atoms with Gasteiger partial charge in [-0.2, -0.15) is 0 Å². The van der Waals surface area contributed by atoms with E-state index in [1.807, 2.05) is 39.8 Å². The van der Waals surface area contributed by atoms with Crippen LogP contribution >= 0.6 is 0 Å². The van der Waals surface area contributed by atoms with Crippen LogP contribution in [0.15, 0.2) is 42.0 Å². The molecule has 2 aliphatic heterocycles. The number of phenolic OH excluding ortho intramolecular Hbond substituents is 2. The Hall–Kier alpha value is -3.25. The minimum Gasteiger partial charge on any atom is -0.508 e. The highest BCUT2D eigenvalue weighted by molar-refractivity contribution is 6.07. The van der Waals surface area contributed by atoms with Gasteiger partial charge in [0.1, 0.15) is 34.2 Å². The molecule has 0 unspecified atom stereocenters. The molecule has 3 atom stereocenters. The molecule has 0 amide bonds. The van der Waals surface area contributed by atoms with Gasteiger partial charge in [0.2, 0.25) is 5.78 Å². The maximum Gasteiger partial charge on any atom is 0.202 e. The number of aromatic hydroxyl groups is 2. The molecule has 0 spiro atoms. The number of phenols is 2. The summed E-state index contributed by atoms with van der Waals surface area (Å²) in [5.74, 6) is -0.0836. The van der Waals surface area contributed by atoms with Crippen LogP contribution in [0.2, 0.25) is 0 Å². The number of ketones is 1. The summed E-state index contributed by atoms with van der Waals surface area (Å²) in [4.78, 5) is 13.2. The second-order valence-corrected chi connectivity index (χ2v) is 8.80. The summed E-state index contributed by atoms with van der Waals surface area (Å²) < 4.78 is 12.5. The summed E-state index contributed by atoms with van der Waals surface area (Å²) in [5.41, 5.74) is 2.11. The van der Waals surface area contributed by atoms with E-state index in [4.69, 9.17) is 9.47 Å². The lowest BCUT2D eigenvalue weighted by Gasteiger charge is -2.36. The highest BCUT2D eigenvalue weighted by Crippen LogP contribution is 2.51. The Balaban J connectivity index is 1.93. The topological polar surface area (TPSA) is 96.2 Å². The number of carbonyl (C=O) groups is 1. The maximum absolute atomic E-state index is 13.2. The van der Waals surface area contributed by atoms with Crippen LogP contribution in [0.4, 0.5) is 0 Å². The quantitative estimate of drug-likeness (QED) is 0.593. The van der Waals surface area contributed by atoms with Crippen molar-refractivity contribution in [3.8, 4) is 23.0 Å². The molecule has 0 aromatic heterocycles. The zero-order valence-electron chi connectivity index (χ0n) is 18.7. The van der Waals surface area contributed by atoms with E-state index in [2.05, 4.69) is 0 Å². The van der Waals surface area contributed by atoms with Gasteiger partial charge in [-0.15, -0.1) is 0 Å². The van der Waals surface area contributed by atoms with Crippen LogP contribution in [0.1, 0.15) is 67.3 Å². The molecule has 3 N–H and O–H groups in total. The zero-order chi connectivity index (χ0) is 23.2. The third kappa shape index (κ3) is 3.65. The van der Waals surface area contributed by atoms with Gasteiger partial charge in [0.25, 0.3) is 0 Å². The van der Waals surface area contributed by atoms with E-state index in [9.17, 15) is 20.1 Å². The first kappa shape index (κ1) is 22.0. The highest BCUT2D eigenvalue weighted by Gasteiger charge is 2.43. The number of aliphatic hydroxyl groups is 1. The van der Waals surface area contributed by atoms with Crippen molar-refractivity contribution in [3.63, 3.8) is 0 Å². The van der Waals surface area contributed by atoms with Gasteiger partial charge in [-0.05, 0) is 63.5 Å². The molecular formula is C26H28O6. The second-order valence-electron chi connectivity index (χ2n) is 8.80. The lowest BCUT2D eigenvalue weighted by molar-refractivity contribution is 0.0203. The third-order valence-corrected chi connectivity index (χ3v) is 6.13. The summed E-state index contributed by atoms with van der Waals surface area (Å²) in [5, 5.41) is 31.4. The first-order valence-corrected chi connectivity index (χ1v) is 10.8. The number of Topliss-reactive ketones (excluding diaryl/α,β-unsaturated/α-hetero) is 1. The summed E-state index contributed by atoms with van der Waals surface area (Å²) in [7, 11) is 0. The predicted octanol–water partition coefficient (Wildman–Crippen LogP) is 4.86. The molecule has 6 heteroatoms. The van der Waals surface area contributed by atoms with E-state index in [1.165, 1.54) is 12.1 Å². The molecule has 6 nitrogen and oxygen atoms in total. The summed E-state index contributed by atoms with van der Waals surface area (Å²) in [6, 6.07) is 6.15. The number of hydrogen-bond acceptors (Lipinski definition) is 6. The highest BCUT2D eigenvalue weighted by atomic mass is 16.5. The number of allylic oxidation sites excluding steroid dienone is 2. The van der Waals surface area contributed by atoms with Crippen LogP contribution in [-0.4, -0.2) is 32.8 Å². The van der Waals surface area contributed by atoms with E-state index >= 15 is 0 Å². The molecule has 168 valence electrons. The van der Waals surface area contributed by atoms with Gasteiger partial charge in [-0.3, -0.25) is 4.79 Å². The smallest absolute Gasteiger partial charge is 0.202 e. The largest absolute Gasteiger partial charge is 0.508 e. The Morgan fingerprint density at radius 3 is 2.47 bits per heavy atom. The lowest BCUT2D eigenvalue weighted by Crippen LogP contribution is -2.37. The van der Waals surface area contributed by atoms with Crippen molar-refractivity contribution >= 4 is 11.9 Å².